The van der Waals surface area contributed by atoms with E-state index < -0.39 is 23.3 Å². The standard InChI is InChI=1S/C23H31F2N5O2/c1-12(2)30-18-10-14(9-16(24)20(18)28-21(30)23(4,5)31)19-17(25)11-26-22(29-19)27-15-6-7-32-13(3)8-15/h9-13,15,19,31H,6-8H2,1-5H3,(H2,26,27,29). The highest BCUT2D eigenvalue weighted by molar-refractivity contribution is 5.83. The molecule has 1 aromatic carbocycles. The van der Waals surface area contributed by atoms with Crippen LogP contribution in [0, 0.1) is 5.82 Å². The van der Waals surface area contributed by atoms with E-state index >= 15 is 4.39 Å². The molecule has 2 aliphatic heterocycles. The van der Waals surface area contributed by atoms with Crippen molar-refractivity contribution < 1.29 is 18.6 Å². The third kappa shape index (κ3) is 4.36. The Labute approximate surface area is 186 Å². The average Bonchev–Trinajstić information content (AvgIpc) is 3.10. The lowest BCUT2D eigenvalue weighted by Crippen LogP contribution is -2.46. The summed E-state index contributed by atoms with van der Waals surface area (Å²) in [6, 6.07) is 2.09. The quantitative estimate of drug-likeness (QED) is 0.661. The van der Waals surface area contributed by atoms with E-state index in [1.807, 2.05) is 20.8 Å². The van der Waals surface area contributed by atoms with Crippen LogP contribution in [0.5, 0.6) is 0 Å². The predicted molar refractivity (Wildman–Crippen MR) is 119 cm³/mol. The zero-order valence-electron chi connectivity index (χ0n) is 19.1. The summed E-state index contributed by atoms with van der Waals surface area (Å²) in [5.41, 5.74) is -0.224. The van der Waals surface area contributed by atoms with Crippen molar-refractivity contribution in [3.63, 3.8) is 0 Å². The highest BCUT2D eigenvalue weighted by Crippen LogP contribution is 2.35. The Hall–Kier alpha value is -2.52. The van der Waals surface area contributed by atoms with Crippen LogP contribution in [0.1, 0.15) is 70.9 Å². The van der Waals surface area contributed by atoms with Crippen LogP contribution in [0.15, 0.2) is 29.2 Å². The Bertz CT molecular complexity index is 1070. The van der Waals surface area contributed by atoms with E-state index in [0.717, 1.165) is 12.8 Å². The number of aliphatic hydroxyl groups is 1. The van der Waals surface area contributed by atoms with E-state index in [1.165, 1.54) is 12.3 Å². The van der Waals surface area contributed by atoms with Gasteiger partial charge in [0.05, 0.1) is 11.6 Å². The Kier molecular flexibility index (Phi) is 5.98. The first-order valence-electron chi connectivity index (χ1n) is 11.1. The van der Waals surface area contributed by atoms with Gasteiger partial charge >= 0.3 is 0 Å². The molecule has 1 aromatic heterocycles. The minimum atomic E-state index is -1.26. The maximum absolute atomic E-state index is 15.1. The number of benzene rings is 1. The van der Waals surface area contributed by atoms with Crippen LogP contribution < -0.4 is 10.6 Å². The number of ether oxygens (including phenoxy) is 1. The van der Waals surface area contributed by atoms with Crippen molar-refractivity contribution in [3.8, 4) is 0 Å². The Morgan fingerprint density at radius 2 is 2.06 bits per heavy atom. The fourth-order valence-corrected chi connectivity index (χ4v) is 4.36. The second-order valence-corrected chi connectivity index (χ2v) is 9.43. The normalized spacial score (nSPS) is 24.3. The molecule has 0 saturated carbocycles. The van der Waals surface area contributed by atoms with Crippen molar-refractivity contribution in [2.45, 2.75) is 77.3 Å². The van der Waals surface area contributed by atoms with Crippen LogP contribution in [0.2, 0.25) is 0 Å². The second kappa shape index (κ2) is 8.44. The summed E-state index contributed by atoms with van der Waals surface area (Å²) in [6.07, 6.45) is 3.06. The number of fused-ring (bicyclic) bond motifs is 1. The van der Waals surface area contributed by atoms with Crippen molar-refractivity contribution in [1.82, 2.24) is 20.2 Å². The first kappa shape index (κ1) is 22.7. The van der Waals surface area contributed by atoms with Crippen LogP contribution in [0.4, 0.5) is 8.78 Å². The summed E-state index contributed by atoms with van der Waals surface area (Å²) in [5, 5.41) is 16.7. The van der Waals surface area contributed by atoms with Crippen LogP contribution in [-0.4, -0.2) is 39.4 Å². The molecule has 2 aliphatic rings. The smallest absolute Gasteiger partial charge is 0.196 e. The lowest BCUT2D eigenvalue weighted by Gasteiger charge is -2.30. The fourth-order valence-electron chi connectivity index (χ4n) is 4.36. The number of aromatic nitrogens is 2. The van der Waals surface area contributed by atoms with E-state index in [4.69, 9.17) is 4.74 Å². The van der Waals surface area contributed by atoms with Gasteiger partial charge in [0.25, 0.3) is 0 Å². The Morgan fingerprint density at radius 3 is 2.72 bits per heavy atom. The molecule has 1 fully saturated rings. The highest BCUT2D eigenvalue weighted by Gasteiger charge is 2.30. The van der Waals surface area contributed by atoms with Crippen molar-refractivity contribution in [3.05, 3.63) is 41.4 Å². The third-order valence-corrected chi connectivity index (χ3v) is 5.84. The molecule has 0 aliphatic carbocycles. The molecule has 9 heteroatoms. The van der Waals surface area contributed by atoms with Crippen LogP contribution in [0.3, 0.4) is 0 Å². The number of guanidine groups is 1. The summed E-state index contributed by atoms with van der Waals surface area (Å²) in [7, 11) is 0. The van der Waals surface area contributed by atoms with E-state index in [2.05, 4.69) is 20.6 Å². The van der Waals surface area contributed by atoms with Crippen LogP contribution in [-0.2, 0) is 10.3 Å². The molecule has 32 heavy (non-hydrogen) atoms. The summed E-state index contributed by atoms with van der Waals surface area (Å²) >= 11 is 0. The van der Waals surface area contributed by atoms with E-state index in [-0.39, 0.29) is 23.7 Å². The molecule has 2 aromatic rings. The monoisotopic (exact) mass is 447 g/mol. The Morgan fingerprint density at radius 1 is 1.31 bits per heavy atom. The number of nitrogens with one attached hydrogen (secondary N) is 2. The van der Waals surface area contributed by atoms with Gasteiger partial charge in [-0.15, -0.1) is 0 Å². The molecule has 1 saturated heterocycles. The Balaban J connectivity index is 1.73. The molecule has 3 atom stereocenters. The van der Waals surface area contributed by atoms with E-state index in [0.29, 0.717) is 29.5 Å². The van der Waals surface area contributed by atoms with Gasteiger partial charge in [0.15, 0.2) is 11.8 Å². The van der Waals surface area contributed by atoms with Crippen LogP contribution >= 0.6 is 0 Å². The third-order valence-electron chi connectivity index (χ3n) is 5.84. The van der Waals surface area contributed by atoms with Gasteiger partial charge in [-0.3, -0.25) is 0 Å². The molecule has 0 spiro atoms. The van der Waals surface area contributed by atoms with Crippen molar-refractivity contribution in [2.75, 3.05) is 6.61 Å². The minimum Gasteiger partial charge on any atom is -0.383 e. The summed E-state index contributed by atoms with van der Waals surface area (Å²) < 4.78 is 37.2. The SMILES string of the molecule is CC1CC(NC2=NC(c3cc(F)c4nc(C(C)(C)O)n(C(C)C)c4c3)C(F)=CN2)CCO1. The van der Waals surface area contributed by atoms with Gasteiger partial charge in [0.2, 0.25) is 0 Å². The van der Waals surface area contributed by atoms with Gasteiger partial charge in [-0.25, -0.2) is 18.8 Å². The molecule has 174 valence electrons. The minimum absolute atomic E-state index is 0.0827. The zero-order valence-corrected chi connectivity index (χ0v) is 19.1. The van der Waals surface area contributed by atoms with Gasteiger partial charge in [0, 0.05) is 24.9 Å². The largest absolute Gasteiger partial charge is 0.383 e. The number of nitrogens with zero attached hydrogens (tertiary/aromatic N) is 3. The van der Waals surface area contributed by atoms with Crippen molar-refractivity contribution in [1.29, 1.82) is 0 Å². The van der Waals surface area contributed by atoms with Crippen molar-refractivity contribution in [2.24, 2.45) is 4.99 Å². The molecule has 0 bridgehead atoms. The van der Waals surface area contributed by atoms with Gasteiger partial charge < -0.3 is 25.0 Å². The summed E-state index contributed by atoms with van der Waals surface area (Å²) in [4.78, 5) is 8.86. The van der Waals surface area contributed by atoms with Gasteiger partial charge in [-0.05, 0) is 65.2 Å². The molecule has 4 rings (SSSR count). The maximum atomic E-state index is 15.1. The van der Waals surface area contributed by atoms with E-state index in [9.17, 15) is 9.50 Å². The number of rotatable bonds is 4. The molecule has 3 heterocycles. The molecule has 0 amide bonds. The topological polar surface area (TPSA) is 83.7 Å². The van der Waals surface area contributed by atoms with Gasteiger partial charge in [-0.1, -0.05) is 0 Å². The maximum Gasteiger partial charge on any atom is 0.196 e. The first-order chi connectivity index (χ1) is 15.0. The lowest BCUT2D eigenvalue weighted by molar-refractivity contribution is 0.0165. The predicted octanol–water partition coefficient (Wildman–Crippen LogP) is 3.95. The number of hydrogen-bond acceptors (Lipinski definition) is 6. The molecular weight excluding hydrogens is 416 g/mol. The van der Waals surface area contributed by atoms with Crippen LogP contribution in [0.25, 0.3) is 11.0 Å². The second-order valence-electron chi connectivity index (χ2n) is 9.43. The number of halogens is 2. The average molecular weight is 448 g/mol. The molecule has 7 nitrogen and oxygen atoms in total. The number of hydrogen-bond donors (Lipinski definition) is 3. The van der Waals surface area contributed by atoms with Gasteiger partial charge in [-0.2, -0.15) is 0 Å². The highest BCUT2D eigenvalue weighted by atomic mass is 19.1. The first-order valence-corrected chi connectivity index (χ1v) is 11.1. The van der Waals surface area contributed by atoms with Crippen molar-refractivity contribution >= 4 is 17.0 Å². The zero-order chi connectivity index (χ0) is 23.2. The number of aliphatic imine (C=N–C) groups is 1. The summed E-state index contributed by atoms with van der Waals surface area (Å²) in [5.74, 6) is -0.269. The fraction of sp³-hybridized carbons (Fsp3) is 0.565. The summed E-state index contributed by atoms with van der Waals surface area (Å²) in [6.45, 7) is 9.76. The van der Waals surface area contributed by atoms with Gasteiger partial charge in [0.1, 0.15) is 28.8 Å². The van der Waals surface area contributed by atoms with E-state index in [1.54, 1.807) is 24.5 Å². The number of imidazole rings is 1. The molecule has 3 unspecified atom stereocenters. The molecule has 0 radical (unpaired) electrons. The lowest BCUT2D eigenvalue weighted by atomic mass is 10.0. The molecule has 3 N–H and O–H groups in total. The molecular formula is C23H31F2N5O2.